The van der Waals surface area contributed by atoms with Crippen LogP contribution in [0.15, 0.2) is 65.8 Å². The van der Waals surface area contributed by atoms with Gasteiger partial charge in [0.25, 0.3) is 0 Å². The number of pyridine rings is 2. The van der Waals surface area contributed by atoms with Crippen LogP contribution in [0.25, 0.3) is 11.3 Å². The van der Waals surface area contributed by atoms with Crippen LogP contribution in [0.1, 0.15) is 11.1 Å². The molecule has 5 nitrogen and oxygen atoms in total. The lowest BCUT2D eigenvalue weighted by Gasteiger charge is -2.11. The van der Waals surface area contributed by atoms with Crippen molar-refractivity contribution >= 4 is 17.6 Å². The van der Waals surface area contributed by atoms with Gasteiger partial charge in [-0.25, -0.2) is 19.9 Å². The third-order valence-corrected chi connectivity index (χ3v) is 4.26. The molecule has 0 bridgehead atoms. The molecule has 0 amide bonds. The van der Waals surface area contributed by atoms with Crippen LogP contribution in [-0.2, 0) is 0 Å². The summed E-state index contributed by atoms with van der Waals surface area (Å²) in [5.74, 6) is 0.776. The number of rotatable bonds is 5. The van der Waals surface area contributed by atoms with Gasteiger partial charge in [-0.2, -0.15) is 0 Å². The molecule has 24 heavy (non-hydrogen) atoms. The SMILES string of the molecule is C=C(Nc1cc(C)ccn1)Sc1nc(-c2cncnc2)ccc1C. The Hall–Kier alpha value is -2.73. The average molecular weight is 335 g/mol. The van der Waals surface area contributed by atoms with Gasteiger partial charge in [-0.3, -0.25) is 0 Å². The first-order valence-electron chi connectivity index (χ1n) is 7.41. The first-order valence-corrected chi connectivity index (χ1v) is 8.23. The lowest BCUT2D eigenvalue weighted by molar-refractivity contribution is 1.08. The Bertz CT molecular complexity index is 864. The minimum atomic E-state index is 0.769. The van der Waals surface area contributed by atoms with E-state index in [2.05, 4.69) is 26.8 Å². The molecule has 0 aliphatic carbocycles. The van der Waals surface area contributed by atoms with Crippen molar-refractivity contribution in [2.24, 2.45) is 0 Å². The second kappa shape index (κ2) is 7.23. The topological polar surface area (TPSA) is 63.6 Å². The van der Waals surface area contributed by atoms with Gasteiger partial charge in [0, 0.05) is 24.2 Å². The van der Waals surface area contributed by atoms with Crippen LogP contribution in [0.5, 0.6) is 0 Å². The Balaban J connectivity index is 1.78. The number of hydrogen-bond acceptors (Lipinski definition) is 6. The van der Waals surface area contributed by atoms with E-state index in [4.69, 9.17) is 4.98 Å². The molecule has 0 saturated heterocycles. The van der Waals surface area contributed by atoms with Crippen molar-refractivity contribution in [1.82, 2.24) is 19.9 Å². The molecule has 3 heterocycles. The molecular formula is C18H17N5S. The first-order chi connectivity index (χ1) is 11.6. The summed E-state index contributed by atoms with van der Waals surface area (Å²) < 4.78 is 0. The van der Waals surface area contributed by atoms with Gasteiger partial charge in [-0.1, -0.05) is 24.4 Å². The van der Waals surface area contributed by atoms with E-state index in [0.717, 1.165) is 38.3 Å². The van der Waals surface area contributed by atoms with Gasteiger partial charge in [0.2, 0.25) is 0 Å². The van der Waals surface area contributed by atoms with E-state index in [-0.39, 0.29) is 0 Å². The highest BCUT2D eigenvalue weighted by molar-refractivity contribution is 8.03. The summed E-state index contributed by atoms with van der Waals surface area (Å²) >= 11 is 1.48. The largest absolute Gasteiger partial charge is 0.335 e. The lowest BCUT2D eigenvalue weighted by atomic mass is 10.2. The second-order valence-corrected chi connectivity index (χ2v) is 6.40. The molecule has 0 unspecified atom stereocenters. The molecule has 0 aliphatic heterocycles. The van der Waals surface area contributed by atoms with Gasteiger partial charge in [-0.15, -0.1) is 0 Å². The maximum atomic E-state index is 4.70. The number of hydrogen-bond donors (Lipinski definition) is 1. The van der Waals surface area contributed by atoms with Crippen molar-refractivity contribution in [3.8, 4) is 11.3 Å². The molecule has 120 valence electrons. The lowest BCUT2D eigenvalue weighted by Crippen LogP contribution is -1.99. The van der Waals surface area contributed by atoms with Crippen molar-refractivity contribution in [2.45, 2.75) is 18.9 Å². The monoisotopic (exact) mass is 335 g/mol. The Morgan fingerprint density at radius 1 is 1.12 bits per heavy atom. The smallest absolute Gasteiger partial charge is 0.130 e. The van der Waals surface area contributed by atoms with Gasteiger partial charge in [0.15, 0.2) is 0 Å². The molecule has 0 saturated carbocycles. The van der Waals surface area contributed by atoms with Gasteiger partial charge in [0.1, 0.15) is 17.2 Å². The normalized spacial score (nSPS) is 10.4. The quantitative estimate of drug-likeness (QED) is 0.704. The molecular weight excluding hydrogens is 318 g/mol. The molecule has 3 aromatic heterocycles. The molecule has 1 N–H and O–H groups in total. The number of anilines is 1. The van der Waals surface area contributed by atoms with E-state index >= 15 is 0 Å². The third-order valence-electron chi connectivity index (χ3n) is 3.31. The maximum absolute atomic E-state index is 4.70. The average Bonchev–Trinajstić information content (AvgIpc) is 2.57. The van der Waals surface area contributed by atoms with Crippen LogP contribution in [0, 0.1) is 13.8 Å². The number of aromatic nitrogens is 4. The Kier molecular flexibility index (Phi) is 4.86. The van der Waals surface area contributed by atoms with Crippen LogP contribution in [0.4, 0.5) is 5.82 Å². The van der Waals surface area contributed by atoms with E-state index in [1.807, 2.05) is 38.1 Å². The molecule has 3 rings (SSSR count). The van der Waals surface area contributed by atoms with Gasteiger partial charge in [0.05, 0.1) is 10.7 Å². The summed E-state index contributed by atoms with van der Waals surface area (Å²) in [6, 6.07) is 7.94. The van der Waals surface area contributed by atoms with Gasteiger partial charge in [-0.05, 0) is 43.2 Å². The molecule has 0 spiro atoms. The van der Waals surface area contributed by atoms with Crippen LogP contribution >= 0.6 is 11.8 Å². The summed E-state index contributed by atoms with van der Waals surface area (Å²) in [6.07, 6.45) is 6.79. The maximum Gasteiger partial charge on any atom is 0.130 e. The summed E-state index contributed by atoms with van der Waals surface area (Å²) in [5, 5.41) is 4.87. The molecule has 0 aromatic carbocycles. The van der Waals surface area contributed by atoms with Crippen LogP contribution in [-0.4, -0.2) is 19.9 Å². The molecule has 0 radical (unpaired) electrons. The second-order valence-electron chi connectivity index (χ2n) is 5.31. The summed E-state index contributed by atoms with van der Waals surface area (Å²) in [5.41, 5.74) is 3.95. The zero-order valence-electron chi connectivity index (χ0n) is 13.5. The summed E-state index contributed by atoms with van der Waals surface area (Å²) in [6.45, 7) is 8.12. The van der Waals surface area contributed by atoms with Crippen molar-refractivity contribution in [2.75, 3.05) is 5.32 Å². The number of nitrogens with one attached hydrogen (secondary N) is 1. The highest BCUT2D eigenvalue weighted by Gasteiger charge is 2.08. The fourth-order valence-electron chi connectivity index (χ4n) is 2.10. The Labute approximate surface area is 145 Å². The zero-order valence-corrected chi connectivity index (χ0v) is 14.3. The fourth-order valence-corrected chi connectivity index (χ4v) is 2.86. The van der Waals surface area contributed by atoms with Crippen LogP contribution in [0.3, 0.4) is 0 Å². The van der Waals surface area contributed by atoms with Crippen molar-refractivity contribution in [3.63, 3.8) is 0 Å². The van der Waals surface area contributed by atoms with Gasteiger partial charge >= 0.3 is 0 Å². The number of thioether (sulfide) groups is 1. The van der Waals surface area contributed by atoms with E-state index < -0.39 is 0 Å². The third kappa shape index (κ3) is 3.97. The highest BCUT2D eigenvalue weighted by Crippen LogP contribution is 2.29. The predicted octanol–water partition coefficient (Wildman–Crippen LogP) is 4.23. The molecule has 0 fully saturated rings. The Morgan fingerprint density at radius 2 is 1.92 bits per heavy atom. The summed E-state index contributed by atoms with van der Waals surface area (Å²) in [7, 11) is 0. The van der Waals surface area contributed by atoms with E-state index in [9.17, 15) is 0 Å². The van der Waals surface area contributed by atoms with E-state index in [1.165, 1.54) is 18.1 Å². The molecule has 3 aromatic rings. The fraction of sp³-hybridized carbons (Fsp3) is 0.111. The van der Waals surface area contributed by atoms with Gasteiger partial charge < -0.3 is 5.32 Å². The molecule has 0 atom stereocenters. The summed E-state index contributed by atoms with van der Waals surface area (Å²) in [4.78, 5) is 17.1. The molecule has 0 aliphatic rings. The van der Waals surface area contributed by atoms with E-state index in [0.29, 0.717) is 0 Å². The Morgan fingerprint density at radius 3 is 2.67 bits per heavy atom. The van der Waals surface area contributed by atoms with Crippen molar-refractivity contribution in [3.05, 3.63) is 71.9 Å². The van der Waals surface area contributed by atoms with Crippen LogP contribution in [0.2, 0.25) is 0 Å². The molecule has 6 heteroatoms. The standard InChI is InChI=1S/C18H17N5S/c1-12-6-7-21-17(8-12)22-14(3)24-18-13(2)4-5-16(23-18)15-9-19-11-20-10-15/h4-11H,3H2,1-2H3,(H,21,22). The van der Waals surface area contributed by atoms with Crippen LogP contribution < -0.4 is 5.32 Å². The highest BCUT2D eigenvalue weighted by atomic mass is 32.2. The minimum absolute atomic E-state index is 0.769. The predicted molar refractivity (Wildman–Crippen MR) is 97.6 cm³/mol. The van der Waals surface area contributed by atoms with E-state index in [1.54, 1.807) is 18.6 Å². The minimum Gasteiger partial charge on any atom is -0.335 e. The van der Waals surface area contributed by atoms with Crippen molar-refractivity contribution in [1.29, 1.82) is 0 Å². The van der Waals surface area contributed by atoms with Crippen molar-refractivity contribution < 1.29 is 0 Å². The first kappa shape index (κ1) is 16.1. The number of aryl methyl sites for hydroxylation is 2. The number of nitrogens with zero attached hydrogens (tertiary/aromatic N) is 4. The zero-order chi connectivity index (χ0) is 16.9.